The number of fused-ring (bicyclic) bond motifs is 1. The third kappa shape index (κ3) is 1.67. The molecular weight excluding hydrogens is 250 g/mol. The molecule has 0 saturated carbocycles. The van der Waals surface area contributed by atoms with Crippen molar-refractivity contribution in [1.82, 2.24) is 9.97 Å². The van der Waals surface area contributed by atoms with Crippen LogP contribution in [0.3, 0.4) is 0 Å². The summed E-state index contributed by atoms with van der Waals surface area (Å²) >= 11 is 6.13. The number of nitrogen functional groups attached to an aromatic ring is 1. The van der Waals surface area contributed by atoms with E-state index in [0.29, 0.717) is 22.1 Å². The Balaban J connectivity index is 2.26. The van der Waals surface area contributed by atoms with Crippen LogP contribution in [0.4, 0.5) is 5.69 Å². The second-order valence-corrected chi connectivity index (χ2v) is 4.40. The van der Waals surface area contributed by atoms with E-state index in [2.05, 4.69) is 9.97 Å². The number of anilines is 1. The van der Waals surface area contributed by atoms with Crippen LogP contribution in [-0.2, 0) is 0 Å². The molecule has 18 heavy (non-hydrogen) atoms. The average Bonchev–Trinajstić information content (AvgIpc) is 2.71. The van der Waals surface area contributed by atoms with E-state index in [-0.39, 0.29) is 5.75 Å². The van der Waals surface area contributed by atoms with Gasteiger partial charge in [-0.05, 0) is 24.3 Å². The maximum Gasteiger partial charge on any atom is 0.142 e. The van der Waals surface area contributed by atoms with Crippen LogP contribution < -0.4 is 5.73 Å². The number of imidazole rings is 1. The number of benzene rings is 2. The van der Waals surface area contributed by atoms with Crippen molar-refractivity contribution in [2.45, 2.75) is 0 Å². The van der Waals surface area contributed by atoms with Crippen LogP contribution in [-0.4, -0.2) is 15.1 Å². The molecule has 0 aliphatic rings. The second kappa shape index (κ2) is 3.92. The monoisotopic (exact) mass is 259 g/mol. The number of hydrogen-bond acceptors (Lipinski definition) is 3. The number of aromatic nitrogens is 2. The molecule has 4 N–H and O–H groups in total. The highest BCUT2D eigenvalue weighted by atomic mass is 35.5. The largest absolute Gasteiger partial charge is 0.508 e. The van der Waals surface area contributed by atoms with Gasteiger partial charge < -0.3 is 15.8 Å². The van der Waals surface area contributed by atoms with E-state index in [4.69, 9.17) is 17.3 Å². The standard InChI is InChI=1S/C13H10ClN3O/c14-8-2-1-3-9(15)12(8)13-16-10-5-4-7(18)6-11(10)17-13/h1-6,18H,15H2,(H,16,17). The molecule has 90 valence electrons. The summed E-state index contributed by atoms with van der Waals surface area (Å²) in [5.74, 6) is 0.781. The van der Waals surface area contributed by atoms with E-state index in [9.17, 15) is 5.11 Å². The van der Waals surface area contributed by atoms with Crippen molar-refractivity contribution in [3.63, 3.8) is 0 Å². The molecule has 0 spiro atoms. The number of aromatic amines is 1. The highest BCUT2D eigenvalue weighted by Gasteiger charge is 2.12. The van der Waals surface area contributed by atoms with Gasteiger partial charge >= 0.3 is 0 Å². The van der Waals surface area contributed by atoms with Crippen molar-refractivity contribution in [3.8, 4) is 17.1 Å². The molecule has 0 amide bonds. The van der Waals surface area contributed by atoms with Gasteiger partial charge in [-0.1, -0.05) is 17.7 Å². The van der Waals surface area contributed by atoms with Crippen molar-refractivity contribution < 1.29 is 5.11 Å². The lowest BCUT2D eigenvalue weighted by atomic mass is 10.2. The Labute approximate surface area is 108 Å². The molecule has 3 aromatic rings. The molecule has 0 unspecified atom stereocenters. The third-order valence-corrected chi connectivity index (χ3v) is 3.06. The average molecular weight is 260 g/mol. The number of rotatable bonds is 1. The second-order valence-electron chi connectivity index (χ2n) is 3.99. The van der Waals surface area contributed by atoms with Crippen LogP contribution in [0.15, 0.2) is 36.4 Å². The quantitative estimate of drug-likeness (QED) is 0.588. The normalized spacial score (nSPS) is 10.9. The van der Waals surface area contributed by atoms with Gasteiger partial charge in [-0.15, -0.1) is 0 Å². The third-order valence-electron chi connectivity index (χ3n) is 2.75. The molecule has 3 rings (SSSR count). The molecule has 0 saturated heterocycles. The van der Waals surface area contributed by atoms with Crippen LogP contribution >= 0.6 is 11.6 Å². The van der Waals surface area contributed by atoms with Gasteiger partial charge in [-0.2, -0.15) is 0 Å². The lowest BCUT2D eigenvalue weighted by Crippen LogP contribution is -1.91. The number of phenolic OH excluding ortho intramolecular Hbond substituents is 1. The minimum atomic E-state index is 0.185. The molecule has 4 nitrogen and oxygen atoms in total. The minimum absolute atomic E-state index is 0.185. The Morgan fingerprint density at radius 2 is 2.06 bits per heavy atom. The number of H-pyrrole nitrogens is 1. The number of nitrogens with one attached hydrogen (secondary N) is 1. The van der Waals surface area contributed by atoms with Crippen LogP contribution in [0.2, 0.25) is 5.02 Å². The minimum Gasteiger partial charge on any atom is -0.508 e. The molecule has 5 heteroatoms. The van der Waals surface area contributed by atoms with Gasteiger partial charge in [0.25, 0.3) is 0 Å². The summed E-state index contributed by atoms with van der Waals surface area (Å²) in [6, 6.07) is 10.2. The zero-order chi connectivity index (χ0) is 12.7. The summed E-state index contributed by atoms with van der Waals surface area (Å²) in [7, 11) is 0. The molecule has 0 atom stereocenters. The maximum atomic E-state index is 9.42. The predicted molar refractivity (Wildman–Crippen MR) is 72.6 cm³/mol. The van der Waals surface area contributed by atoms with E-state index in [1.807, 2.05) is 0 Å². The fourth-order valence-electron chi connectivity index (χ4n) is 1.91. The lowest BCUT2D eigenvalue weighted by molar-refractivity contribution is 0.476. The molecule has 0 fully saturated rings. The fourth-order valence-corrected chi connectivity index (χ4v) is 2.18. The molecule has 1 heterocycles. The van der Waals surface area contributed by atoms with E-state index >= 15 is 0 Å². The van der Waals surface area contributed by atoms with Gasteiger partial charge in [0, 0.05) is 11.8 Å². The summed E-state index contributed by atoms with van der Waals surface area (Å²) in [4.78, 5) is 7.51. The number of halogens is 1. The van der Waals surface area contributed by atoms with E-state index in [1.54, 1.807) is 36.4 Å². The maximum absolute atomic E-state index is 9.42. The SMILES string of the molecule is Nc1cccc(Cl)c1-c1nc2ccc(O)cc2[nH]1. The fraction of sp³-hybridized carbons (Fsp3) is 0. The first kappa shape index (κ1) is 10.9. The number of nitrogens with two attached hydrogens (primary N) is 1. The zero-order valence-corrected chi connectivity index (χ0v) is 10.1. The number of nitrogens with zero attached hydrogens (tertiary/aromatic N) is 1. The van der Waals surface area contributed by atoms with Crippen molar-refractivity contribution >= 4 is 28.3 Å². The zero-order valence-electron chi connectivity index (χ0n) is 9.31. The van der Waals surface area contributed by atoms with Crippen molar-refractivity contribution in [2.24, 2.45) is 0 Å². The molecule has 0 bridgehead atoms. The molecule has 1 aromatic heterocycles. The Hall–Kier alpha value is -2.20. The first-order valence-electron chi connectivity index (χ1n) is 5.38. The van der Waals surface area contributed by atoms with Crippen LogP contribution in [0.5, 0.6) is 5.75 Å². The summed E-state index contributed by atoms with van der Waals surface area (Å²) in [5, 5.41) is 9.96. The van der Waals surface area contributed by atoms with Gasteiger partial charge in [0.2, 0.25) is 0 Å². The van der Waals surface area contributed by atoms with E-state index < -0.39 is 0 Å². The smallest absolute Gasteiger partial charge is 0.142 e. The summed E-state index contributed by atoms with van der Waals surface area (Å²) < 4.78 is 0. The van der Waals surface area contributed by atoms with Crippen LogP contribution in [0.25, 0.3) is 22.4 Å². The van der Waals surface area contributed by atoms with E-state index in [1.165, 1.54) is 0 Å². The van der Waals surface area contributed by atoms with Crippen molar-refractivity contribution in [1.29, 1.82) is 0 Å². The first-order valence-corrected chi connectivity index (χ1v) is 5.76. The van der Waals surface area contributed by atoms with Crippen LogP contribution in [0, 0.1) is 0 Å². The Morgan fingerprint density at radius 1 is 1.22 bits per heavy atom. The molecule has 0 aliphatic heterocycles. The Kier molecular flexibility index (Phi) is 2.38. The first-order chi connectivity index (χ1) is 8.65. The highest BCUT2D eigenvalue weighted by molar-refractivity contribution is 6.33. The van der Waals surface area contributed by atoms with Gasteiger partial charge in [0.1, 0.15) is 11.6 Å². The van der Waals surface area contributed by atoms with Gasteiger partial charge in [0.15, 0.2) is 0 Å². The highest BCUT2D eigenvalue weighted by Crippen LogP contribution is 2.32. The molecule has 0 aliphatic carbocycles. The van der Waals surface area contributed by atoms with Crippen molar-refractivity contribution in [2.75, 3.05) is 5.73 Å². The summed E-state index contributed by atoms with van der Waals surface area (Å²) in [6.45, 7) is 0. The lowest BCUT2D eigenvalue weighted by Gasteiger charge is -2.03. The molecule has 0 radical (unpaired) electrons. The Bertz CT molecular complexity index is 716. The van der Waals surface area contributed by atoms with Gasteiger partial charge in [-0.25, -0.2) is 4.98 Å². The molecular formula is C13H10ClN3O. The topological polar surface area (TPSA) is 74.9 Å². The number of hydrogen-bond donors (Lipinski definition) is 3. The summed E-state index contributed by atoms with van der Waals surface area (Å²) in [5.41, 5.74) is 8.64. The predicted octanol–water partition coefficient (Wildman–Crippen LogP) is 3.17. The Morgan fingerprint density at radius 3 is 2.83 bits per heavy atom. The summed E-state index contributed by atoms with van der Waals surface area (Å²) in [6.07, 6.45) is 0. The van der Waals surface area contributed by atoms with Crippen LogP contribution in [0.1, 0.15) is 0 Å². The number of aromatic hydroxyl groups is 1. The molecule has 2 aromatic carbocycles. The van der Waals surface area contributed by atoms with Gasteiger partial charge in [-0.3, -0.25) is 0 Å². The number of phenols is 1. The van der Waals surface area contributed by atoms with Crippen molar-refractivity contribution in [3.05, 3.63) is 41.4 Å². The van der Waals surface area contributed by atoms with E-state index in [0.717, 1.165) is 11.0 Å². The van der Waals surface area contributed by atoms with Gasteiger partial charge in [0.05, 0.1) is 21.6 Å².